The summed E-state index contributed by atoms with van der Waals surface area (Å²) in [6.45, 7) is 9.30. The van der Waals surface area contributed by atoms with Crippen molar-refractivity contribution in [2.24, 2.45) is 5.92 Å². The quantitative estimate of drug-likeness (QED) is 0.536. The van der Waals surface area contributed by atoms with Crippen LogP contribution >= 0.6 is 0 Å². The lowest BCUT2D eigenvalue weighted by atomic mass is 10.0. The van der Waals surface area contributed by atoms with Gasteiger partial charge in [0.15, 0.2) is 0 Å². The molecule has 1 unspecified atom stereocenters. The topological polar surface area (TPSA) is 61.4 Å². The highest BCUT2D eigenvalue weighted by Gasteiger charge is 2.14. The van der Waals surface area contributed by atoms with Gasteiger partial charge in [-0.25, -0.2) is 0 Å². The van der Waals surface area contributed by atoms with Crippen LogP contribution in [0.3, 0.4) is 0 Å². The molecular formula is C13H28N2O2. The summed E-state index contributed by atoms with van der Waals surface area (Å²) in [6.07, 6.45) is 2.04. The molecule has 0 heterocycles. The third kappa shape index (κ3) is 9.12. The van der Waals surface area contributed by atoms with E-state index in [2.05, 4.69) is 38.3 Å². The molecule has 0 saturated carbocycles. The maximum absolute atomic E-state index is 11.7. The number of hydrogen-bond donors (Lipinski definition) is 3. The first kappa shape index (κ1) is 16.4. The molecule has 102 valence electrons. The van der Waals surface area contributed by atoms with Crippen molar-refractivity contribution >= 4 is 5.91 Å². The van der Waals surface area contributed by atoms with Crippen LogP contribution in [0, 0.1) is 5.92 Å². The fourth-order valence-electron chi connectivity index (χ4n) is 1.63. The summed E-state index contributed by atoms with van der Waals surface area (Å²) in [5.41, 5.74) is 0. The molecule has 3 N–H and O–H groups in total. The minimum Gasteiger partial charge on any atom is -0.396 e. The molecule has 17 heavy (non-hydrogen) atoms. The Bertz CT molecular complexity index is 206. The van der Waals surface area contributed by atoms with Crippen molar-refractivity contribution in [1.29, 1.82) is 0 Å². The lowest BCUT2D eigenvalue weighted by Crippen LogP contribution is -2.39. The Kier molecular flexibility index (Phi) is 9.09. The molecule has 0 aromatic heterocycles. The maximum atomic E-state index is 11.7. The molecule has 0 aliphatic rings. The van der Waals surface area contributed by atoms with Gasteiger partial charge in [-0.15, -0.1) is 0 Å². The Morgan fingerprint density at radius 3 is 2.35 bits per heavy atom. The molecular weight excluding hydrogens is 216 g/mol. The zero-order valence-corrected chi connectivity index (χ0v) is 11.6. The van der Waals surface area contributed by atoms with E-state index in [9.17, 15) is 4.79 Å². The van der Waals surface area contributed by atoms with Gasteiger partial charge < -0.3 is 15.7 Å². The molecule has 4 heteroatoms. The van der Waals surface area contributed by atoms with Crippen LogP contribution in [0.15, 0.2) is 0 Å². The fraction of sp³-hybridized carbons (Fsp3) is 0.923. The summed E-state index contributed by atoms with van der Waals surface area (Å²) in [7, 11) is 0. The van der Waals surface area contributed by atoms with Gasteiger partial charge in [0.25, 0.3) is 0 Å². The van der Waals surface area contributed by atoms with E-state index < -0.39 is 0 Å². The Morgan fingerprint density at radius 2 is 1.88 bits per heavy atom. The van der Waals surface area contributed by atoms with E-state index in [4.69, 9.17) is 5.11 Å². The van der Waals surface area contributed by atoms with Crippen LogP contribution < -0.4 is 10.6 Å². The lowest BCUT2D eigenvalue weighted by molar-refractivity contribution is -0.122. The van der Waals surface area contributed by atoms with E-state index >= 15 is 0 Å². The van der Waals surface area contributed by atoms with Gasteiger partial charge in [0, 0.05) is 25.1 Å². The van der Waals surface area contributed by atoms with Crippen LogP contribution in [-0.4, -0.2) is 36.2 Å². The summed E-state index contributed by atoms with van der Waals surface area (Å²) in [4.78, 5) is 11.7. The fourth-order valence-corrected chi connectivity index (χ4v) is 1.63. The summed E-state index contributed by atoms with van der Waals surface area (Å²) in [6, 6.07) is 0.557. The van der Waals surface area contributed by atoms with Gasteiger partial charge in [-0.3, -0.25) is 4.79 Å². The number of hydrogen-bond acceptors (Lipinski definition) is 3. The van der Waals surface area contributed by atoms with Gasteiger partial charge >= 0.3 is 0 Å². The average Bonchev–Trinajstić information content (AvgIpc) is 2.23. The summed E-state index contributed by atoms with van der Waals surface area (Å²) < 4.78 is 0. The SMILES string of the molecule is CC(C)NCCCC(=O)NC(CCO)C(C)C. The first-order valence-corrected chi connectivity index (χ1v) is 6.61. The van der Waals surface area contributed by atoms with Gasteiger partial charge in [0.2, 0.25) is 5.91 Å². The zero-order valence-electron chi connectivity index (χ0n) is 11.6. The molecule has 0 aromatic carbocycles. The molecule has 4 nitrogen and oxygen atoms in total. The highest BCUT2D eigenvalue weighted by molar-refractivity contribution is 5.76. The molecule has 0 spiro atoms. The van der Waals surface area contributed by atoms with E-state index in [-0.39, 0.29) is 18.6 Å². The first-order chi connectivity index (χ1) is 7.97. The second-order valence-electron chi connectivity index (χ2n) is 5.14. The van der Waals surface area contributed by atoms with E-state index in [0.29, 0.717) is 24.8 Å². The van der Waals surface area contributed by atoms with Crippen LogP contribution in [0.1, 0.15) is 47.0 Å². The summed E-state index contributed by atoms with van der Waals surface area (Å²) in [5.74, 6) is 0.447. The molecule has 0 bridgehead atoms. The number of aliphatic hydroxyl groups is 1. The molecule has 1 atom stereocenters. The third-order valence-electron chi connectivity index (χ3n) is 2.72. The van der Waals surface area contributed by atoms with Crippen LogP contribution in [0.25, 0.3) is 0 Å². The largest absolute Gasteiger partial charge is 0.396 e. The van der Waals surface area contributed by atoms with Gasteiger partial charge in [0.1, 0.15) is 0 Å². The number of aliphatic hydroxyl groups excluding tert-OH is 1. The number of carbonyl (C=O) groups excluding carboxylic acids is 1. The molecule has 0 saturated heterocycles. The predicted molar refractivity (Wildman–Crippen MR) is 70.8 cm³/mol. The van der Waals surface area contributed by atoms with Crippen molar-refractivity contribution in [3.05, 3.63) is 0 Å². The Hall–Kier alpha value is -0.610. The van der Waals surface area contributed by atoms with Gasteiger partial charge in [0.05, 0.1) is 0 Å². The number of amides is 1. The molecule has 0 aliphatic heterocycles. The molecule has 0 aromatic rings. The van der Waals surface area contributed by atoms with Gasteiger partial charge in [-0.1, -0.05) is 27.7 Å². The van der Waals surface area contributed by atoms with Crippen LogP contribution in [0.2, 0.25) is 0 Å². The third-order valence-corrected chi connectivity index (χ3v) is 2.72. The number of nitrogens with one attached hydrogen (secondary N) is 2. The predicted octanol–water partition coefficient (Wildman–Crippen LogP) is 1.29. The van der Waals surface area contributed by atoms with Crippen LogP contribution in [0.5, 0.6) is 0 Å². The Labute approximate surface area is 105 Å². The van der Waals surface area contributed by atoms with E-state index in [1.807, 2.05) is 0 Å². The van der Waals surface area contributed by atoms with Gasteiger partial charge in [-0.05, 0) is 25.3 Å². The summed E-state index contributed by atoms with van der Waals surface area (Å²) in [5, 5.41) is 15.2. The molecule has 0 radical (unpaired) electrons. The van der Waals surface area contributed by atoms with Crippen LogP contribution in [0.4, 0.5) is 0 Å². The lowest BCUT2D eigenvalue weighted by Gasteiger charge is -2.21. The smallest absolute Gasteiger partial charge is 0.220 e. The highest BCUT2D eigenvalue weighted by atomic mass is 16.3. The molecule has 0 aliphatic carbocycles. The van der Waals surface area contributed by atoms with E-state index in [1.165, 1.54) is 0 Å². The minimum absolute atomic E-state index is 0.0858. The van der Waals surface area contributed by atoms with Crippen LogP contribution in [-0.2, 0) is 4.79 Å². The molecule has 1 amide bonds. The zero-order chi connectivity index (χ0) is 13.3. The second kappa shape index (κ2) is 9.42. The second-order valence-corrected chi connectivity index (χ2v) is 5.14. The molecule has 0 rings (SSSR count). The Morgan fingerprint density at radius 1 is 1.24 bits per heavy atom. The minimum atomic E-state index is 0.0858. The van der Waals surface area contributed by atoms with Crippen molar-refractivity contribution in [2.45, 2.75) is 59.0 Å². The van der Waals surface area contributed by atoms with Crippen molar-refractivity contribution in [2.75, 3.05) is 13.2 Å². The molecule has 0 fully saturated rings. The normalized spacial score (nSPS) is 13.1. The standard InChI is InChI=1S/C13H28N2O2/c1-10(2)12(7-9-16)15-13(17)6-5-8-14-11(3)4/h10-12,14,16H,5-9H2,1-4H3,(H,15,17). The first-order valence-electron chi connectivity index (χ1n) is 6.61. The van der Waals surface area contributed by atoms with Crippen molar-refractivity contribution in [1.82, 2.24) is 10.6 Å². The van der Waals surface area contributed by atoms with Crippen molar-refractivity contribution < 1.29 is 9.90 Å². The Balaban J connectivity index is 3.75. The van der Waals surface area contributed by atoms with E-state index in [0.717, 1.165) is 13.0 Å². The number of rotatable bonds is 9. The van der Waals surface area contributed by atoms with Crippen molar-refractivity contribution in [3.8, 4) is 0 Å². The van der Waals surface area contributed by atoms with Gasteiger partial charge in [-0.2, -0.15) is 0 Å². The van der Waals surface area contributed by atoms with Crippen molar-refractivity contribution in [3.63, 3.8) is 0 Å². The highest BCUT2D eigenvalue weighted by Crippen LogP contribution is 2.06. The van der Waals surface area contributed by atoms with E-state index in [1.54, 1.807) is 0 Å². The maximum Gasteiger partial charge on any atom is 0.220 e. The number of carbonyl (C=O) groups is 1. The average molecular weight is 244 g/mol. The summed E-state index contributed by atoms with van der Waals surface area (Å²) >= 11 is 0. The monoisotopic (exact) mass is 244 g/mol.